The van der Waals surface area contributed by atoms with E-state index in [1.165, 1.54) is 16.0 Å². The van der Waals surface area contributed by atoms with E-state index in [1.807, 2.05) is 73.7 Å². The molecule has 0 aliphatic carbocycles. The van der Waals surface area contributed by atoms with E-state index in [0.717, 1.165) is 23.4 Å². The summed E-state index contributed by atoms with van der Waals surface area (Å²) in [6, 6.07) is 24.0. The van der Waals surface area contributed by atoms with E-state index in [0.29, 0.717) is 18.0 Å². The van der Waals surface area contributed by atoms with Gasteiger partial charge in [0.05, 0.1) is 18.8 Å². The highest BCUT2D eigenvalue weighted by atomic mass is 16.5. The Morgan fingerprint density at radius 2 is 1.65 bits per heavy atom. The maximum Gasteiger partial charge on any atom is 0.247 e. The van der Waals surface area contributed by atoms with E-state index in [-0.39, 0.29) is 30.8 Å². The van der Waals surface area contributed by atoms with Crippen LogP contribution in [0.2, 0.25) is 0 Å². The fraction of sp³-hybridized carbons (Fsp3) is 0.258. The standard InChI is InChI=1S/C31H33N5O4/c1-3-17-35(23-13-15-24(40-2)16-14-23)29(37)21-34-18-19-36(22-9-5-4-6-10-22)31(39)26(30(34)38)20-28-25-11-7-8-12-27(25)32-33-28/h4-16,18-19,26,28,32-33H,3,17,20-21H2,1-2H3. The molecular weight excluding hydrogens is 506 g/mol. The van der Waals surface area contributed by atoms with E-state index >= 15 is 0 Å². The molecule has 40 heavy (non-hydrogen) atoms. The van der Waals surface area contributed by atoms with Crippen molar-refractivity contribution in [2.75, 3.05) is 35.4 Å². The van der Waals surface area contributed by atoms with Crippen LogP contribution in [0.15, 0.2) is 91.3 Å². The van der Waals surface area contributed by atoms with Crippen molar-refractivity contribution in [3.63, 3.8) is 0 Å². The van der Waals surface area contributed by atoms with E-state index in [1.54, 1.807) is 30.3 Å². The van der Waals surface area contributed by atoms with Gasteiger partial charge in [-0.2, -0.15) is 0 Å². The number of hydrogen-bond donors (Lipinski definition) is 2. The van der Waals surface area contributed by atoms with E-state index in [9.17, 15) is 14.4 Å². The number of carbonyl (C=O) groups is 3. The van der Waals surface area contributed by atoms with Crippen LogP contribution in [-0.4, -0.2) is 42.8 Å². The molecule has 3 amide bonds. The van der Waals surface area contributed by atoms with Crippen molar-refractivity contribution in [2.24, 2.45) is 5.92 Å². The minimum atomic E-state index is -1.01. The van der Waals surface area contributed by atoms with E-state index < -0.39 is 11.8 Å². The molecule has 2 aliphatic heterocycles. The van der Waals surface area contributed by atoms with Crippen LogP contribution in [0.3, 0.4) is 0 Å². The first kappa shape index (κ1) is 27.0. The fourth-order valence-electron chi connectivity index (χ4n) is 5.10. The Morgan fingerprint density at radius 3 is 2.38 bits per heavy atom. The molecule has 206 valence electrons. The van der Waals surface area contributed by atoms with Gasteiger partial charge in [0.1, 0.15) is 18.2 Å². The molecule has 3 aromatic carbocycles. The molecule has 5 rings (SSSR count). The lowest BCUT2D eigenvalue weighted by atomic mass is 9.93. The Bertz CT molecular complexity index is 1390. The quantitative estimate of drug-likeness (QED) is 0.390. The van der Waals surface area contributed by atoms with E-state index in [2.05, 4.69) is 10.9 Å². The molecule has 0 spiro atoms. The molecule has 2 N–H and O–H groups in total. The zero-order chi connectivity index (χ0) is 28.1. The SMILES string of the molecule is CCCN(C(=O)CN1C=CN(c2ccccc2)C(=O)C(CC2NNc3ccccc32)C1=O)c1ccc(OC)cc1. The van der Waals surface area contributed by atoms with Crippen molar-refractivity contribution < 1.29 is 19.1 Å². The Morgan fingerprint density at radius 1 is 0.925 bits per heavy atom. The third-order valence-corrected chi connectivity index (χ3v) is 7.17. The molecule has 0 saturated heterocycles. The van der Waals surface area contributed by atoms with Crippen molar-refractivity contribution in [3.8, 4) is 5.75 Å². The number of amides is 3. The lowest BCUT2D eigenvalue weighted by Crippen LogP contribution is -2.45. The van der Waals surface area contributed by atoms with Crippen LogP contribution in [-0.2, 0) is 14.4 Å². The summed E-state index contributed by atoms with van der Waals surface area (Å²) in [4.78, 5) is 46.0. The van der Waals surface area contributed by atoms with Crippen molar-refractivity contribution in [1.29, 1.82) is 0 Å². The predicted octanol–water partition coefficient (Wildman–Crippen LogP) is 4.46. The van der Waals surface area contributed by atoms with Gasteiger partial charge in [-0.05, 0) is 60.9 Å². The summed E-state index contributed by atoms with van der Waals surface area (Å²) in [6.07, 6.45) is 4.09. The van der Waals surface area contributed by atoms with Crippen LogP contribution in [0.1, 0.15) is 31.4 Å². The second-order valence-electron chi connectivity index (χ2n) is 9.75. The Hall–Kier alpha value is -4.63. The highest BCUT2D eigenvalue weighted by Gasteiger charge is 2.40. The minimum Gasteiger partial charge on any atom is -0.497 e. The average Bonchev–Trinajstić information content (AvgIpc) is 3.36. The summed E-state index contributed by atoms with van der Waals surface area (Å²) < 4.78 is 5.25. The first-order valence-corrected chi connectivity index (χ1v) is 13.4. The Balaban J connectivity index is 1.43. The van der Waals surface area contributed by atoms with Crippen LogP contribution < -0.4 is 25.4 Å². The van der Waals surface area contributed by atoms with Crippen LogP contribution in [0.5, 0.6) is 5.75 Å². The summed E-state index contributed by atoms with van der Waals surface area (Å²) >= 11 is 0. The van der Waals surface area contributed by atoms with Crippen molar-refractivity contribution in [3.05, 3.63) is 96.8 Å². The number of fused-ring (bicyclic) bond motifs is 1. The van der Waals surface area contributed by atoms with Gasteiger partial charge >= 0.3 is 0 Å². The van der Waals surface area contributed by atoms with E-state index in [4.69, 9.17) is 4.74 Å². The number of rotatable bonds is 9. The van der Waals surface area contributed by atoms with Crippen LogP contribution in [0, 0.1) is 5.92 Å². The van der Waals surface area contributed by atoms with Crippen LogP contribution in [0.25, 0.3) is 0 Å². The second kappa shape index (κ2) is 12.0. The first-order chi connectivity index (χ1) is 19.5. The zero-order valence-corrected chi connectivity index (χ0v) is 22.6. The summed E-state index contributed by atoms with van der Waals surface area (Å²) in [5.74, 6) is -1.30. The third-order valence-electron chi connectivity index (χ3n) is 7.17. The minimum absolute atomic E-state index is 0.194. The molecule has 2 unspecified atom stereocenters. The molecule has 2 heterocycles. The number of carbonyl (C=O) groups excluding carboxylic acids is 3. The lowest BCUT2D eigenvalue weighted by molar-refractivity contribution is -0.141. The maximum absolute atomic E-state index is 14.0. The number of ether oxygens (including phenoxy) is 1. The molecule has 3 aromatic rings. The van der Waals surface area contributed by atoms with Crippen LogP contribution in [0.4, 0.5) is 17.1 Å². The number of para-hydroxylation sites is 2. The van der Waals surface area contributed by atoms with Crippen LogP contribution >= 0.6 is 0 Å². The van der Waals surface area contributed by atoms with Crippen molar-refractivity contribution in [1.82, 2.24) is 10.3 Å². The molecule has 0 aromatic heterocycles. The number of nitrogens with zero attached hydrogens (tertiary/aromatic N) is 3. The average molecular weight is 540 g/mol. The maximum atomic E-state index is 14.0. The van der Waals surface area contributed by atoms with Gasteiger partial charge in [-0.3, -0.25) is 19.3 Å². The molecule has 0 bridgehead atoms. The number of hydrogen-bond acceptors (Lipinski definition) is 6. The monoisotopic (exact) mass is 539 g/mol. The van der Waals surface area contributed by atoms with Crippen molar-refractivity contribution >= 4 is 34.8 Å². The predicted molar refractivity (Wildman–Crippen MR) is 154 cm³/mol. The smallest absolute Gasteiger partial charge is 0.247 e. The number of nitrogens with one attached hydrogen (secondary N) is 2. The molecule has 0 fully saturated rings. The highest BCUT2D eigenvalue weighted by Crippen LogP contribution is 2.34. The number of benzene rings is 3. The third kappa shape index (κ3) is 5.55. The molecule has 2 aliphatic rings. The number of methoxy groups -OCH3 is 1. The highest BCUT2D eigenvalue weighted by molar-refractivity contribution is 6.11. The molecule has 9 nitrogen and oxygen atoms in total. The fourth-order valence-corrected chi connectivity index (χ4v) is 5.10. The largest absolute Gasteiger partial charge is 0.497 e. The summed E-state index contributed by atoms with van der Waals surface area (Å²) in [6.45, 7) is 2.29. The van der Waals surface area contributed by atoms with Gasteiger partial charge in [0.2, 0.25) is 17.7 Å². The van der Waals surface area contributed by atoms with Gasteiger partial charge in [-0.25, -0.2) is 5.43 Å². The number of hydrazine groups is 1. The molecular formula is C31H33N5O4. The summed E-state index contributed by atoms with van der Waals surface area (Å²) in [5.41, 5.74) is 9.63. The van der Waals surface area contributed by atoms with Gasteiger partial charge in [-0.1, -0.05) is 43.3 Å². The molecule has 2 atom stereocenters. The first-order valence-electron chi connectivity index (χ1n) is 13.4. The summed E-state index contributed by atoms with van der Waals surface area (Å²) in [5, 5.41) is 0. The van der Waals surface area contributed by atoms with Gasteiger partial charge in [-0.15, -0.1) is 0 Å². The normalized spacial score (nSPS) is 18.2. The molecule has 0 radical (unpaired) electrons. The Kier molecular flexibility index (Phi) is 8.12. The van der Waals surface area contributed by atoms with Gasteiger partial charge < -0.3 is 20.0 Å². The lowest BCUT2D eigenvalue weighted by Gasteiger charge is -2.27. The topological polar surface area (TPSA) is 94.2 Å². The zero-order valence-electron chi connectivity index (χ0n) is 22.6. The Labute approximate surface area is 234 Å². The van der Waals surface area contributed by atoms with Gasteiger partial charge in [0.25, 0.3) is 0 Å². The second-order valence-corrected chi connectivity index (χ2v) is 9.75. The molecule has 0 saturated carbocycles. The number of anilines is 3. The van der Waals surface area contributed by atoms with Gasteiger partial charge in [0, 0.05) is 30.3 Å². The summed E-state index contributed by atoms with van der Waals surface area (Å²) in [7, 11) is 1.59. The van der Waals surface area contributed by atoms with Crippen molar-refractivity contribution in [2.45, 2.75) is 25.8 Å². The van der Waals surface area contributed by atoms with Gasteiger partial charge in [0.15, 0.2) is 0 Å². The molecule has 9 heteroatoms.